The van der Waals surface area contributed by atoms with Gasteiger partial charge in [0.1, 0.15) is 0 Å². The summed E-state index contributed by atoms with van der Waals surface area (Å²) in [5, 5.41) is 10.1. The summed E-state index contributed by atoms with van der Waals surface area (Å²) in [7, 11) is 0. The molecule has 4 heteroatoms. The first-order chi connectivity index (χ1) is 3.00. The lowest BCUT2D eigenvalue weighted by Gasteiger charge is -1.68. The van der Waals surface area contributed by atoms with Gasteiger partial charge in [0.05, 0.1) is 12.4 Å². The highest BCUT2D eigenvalue weighted by molar-refractivity contribution is 5.85. The third kappa shape index (κ3) is 2.05. The van der Waals surface area contributed by atoms with Gasteiger partial charge < -0.3 is 0 Å². The first-order valence-electron chi connectivity index (χ1n) is 1.58. The molecule has 0 saturated heterocycles. The van der Waals surface area contributed by atoms with Gasteiger partial charge in [0.15, 0.2) is 0 Å². The van der Waals surface area contributed by atoms with Gasteiger partial charge in [-0.3, -0.25) is 0 Å². The van der Waals surface area contributed by atoms with Crippen molar-refractivity contribution in [1.82, 2.24) is 15.4 Å². The van der Waals surface area contributed by atoms with Crippen LogP contribution < -0.4 is 0 Å². The van der Waals surface area contributed by atoms with Gasteiger partial charge in [-0.05, 0) is 11.3 Å². The van der Waals surface area contributed by atoms with Crippen molar-refractivity contribution in [2.45, 2.75) is 0 Å². The number of halogens is 1. The van der Waals surface area contributed by atoms with E-state index in [0.29, 0.717) is 0 Å². The van der Waals surface area contributed by atoms with E-state index in [1.165, 1.54) is 0 Å². The van der Waals surface area contributed by atoms with Crippen LogP contribution in [0.5, 0.6) is 0 Å². The monoisotopic (exact) mass is 117 g/mol. The Kier molecular flexibility index (Phi) is 3.14. The number of nitrogens with zero attached hydrogens (tertiary/aromatic N) is 3. The number of aromatic nitrogens is 3. The van der Waals surface area contributed by atoms with Crippen LogP contribution in [0.1, 0.15) is 0 Å². The lowest BCUT2D eigenvalue weighted by atomic mass is 10.7. The molecule has 1 aromatic heterocycles. The minimum atomic E-state index is 0. The predicted octanol–water partition coefficient (Wildman–Crippen LogP) is 0.293. The van der Waals surface area contributed by atoms with Crippen LogP contribution in [0.2, 0.25) is 0 Å². The standard InChI is InChI=1S/C3H3N3.ClH/c1-2-4-6-5-3-1;/h1-3H;1H. The van der Waals surface area contributed by atoms with Crippen molar-refractivity contribution in [3.8, 4) is 0 Å². The molecule has 0 amide bonds. The third-order valence-electron chi connectivity index (χ3n) is 0.409. The SMILES string of the molecule is Cl.c1cnnnc1. The molecule has 0 bridgehead atoms. The van der Waals surface area contributed by atoms with Gasteiger partial charge in [-0.15, -0.1) is 22.6 Å². The molecule has 1 rings (SSSR count). The van der Waals surface area contributed by atoms with Gasteiger partial charge in [0.25, 0.3) is 0 Å². The molecule has 1 heterocycles. The maximum absolute atomic E-state index is 3.42. The zero-order chi connectivity index (χ0) is 4.24. The van der Waals surface area contributed by atoms with E-state index in [1.807, 2.05) is 0 Å². The van der Waals surface area contributed by atoms with Crippen molar-refractivity contribution in [1.29, 1.82) is 0 Å². The summed E-state index contributed by atoms with van der Waals surface area (Å²) in [6, 6.07) is 1.72. The molecule has 0 unspecified atom stereocenters. The molecule has 1 aromatic rings. The quantitative estimate of drug-likeness (QED) is 0.491. The summed E-state index contributed by atoms with van der Waals surface area (Å²) in [5.74, 6) is 0. The zero-order valence-electron chi connectivity index (χ0n) is 3.48. The third-order valence-corrected chi connectivity index (χ3v) is 0.409. The van der Waals surface area contributed by atoms with Crippen LogP contribution in [0, 0.1) is 0 Å². The van der Waals surface area contributed by atoms with Crippen molar-refractivity contribution in [3.05, 3.63) is 18.5 Å². The molecular weight excluding hydrogens is 114 g/mol. The fraction of sp³-hybridized carbons (Fsp3) is 0. The van der Waals surface area contributed by atoms with Crippen LogP contribution in [-0.4, -0.2) is 15.4 Å². The maximum atomic E-state index is 3.42. The summed E-state index contributed by atoms with van der Waals surface area (Å²) >= 11 is 0. The molecule has 0 aromatic carbocycles. The minimum Gasteiger partial charge on any atom is -0.147 e. The molecule has 0 atom stereocenters. The van der Waals surface area contributed by atoms with E-state index in [4.69, 9.17) is 0 Å². The molecule has 0 fully saturated rings. The Balaban J connectivity index is 0.000000360. The van der Waals surface area contributed by atoms with E-state index in [0.717, 1.165) is 0 Å². The molecule has 7 heavy (non-hydrogen) atoms. The van der Waals surface area contributed by atoms with E-state index in [-0.39, 0.29) is 12.4 Å². The second kappa shape index (κ2) is 3.49. The molecule has 0 saturated carbocycles. The molecule has 0 aliphatic rings. The molecular formula is C3H4ClN3. The fourth-order valence-corrected chi connectivity index (χ4v) is 0.205. The highest BCUT2D eigenvalue weighted by Crippen LogP contribution is 1.61. The molecule has 0 spiro atoms. The Morgan fingerprint density at radius 1 is 1.00 bits per heavy atom. The Morgan fingerprint density at radius 3 is 1.71 bits per heavy atom. The van der Waals surface area contributed by atoms with E-state index >= 15 is 0 Å². The van der Waals surface area contributed by atoms with E-state index in [1.54, 1.807) is 18.5 Å². The summed E-state index contributed by atoms with van der Waals surface area (Å²) in [5.41, 5.74) is 0. The van der Waals surface area contributed by atoms with Gasteiger partial charge in [-0.25, -0.2) is 0 Å². The summed E-state index contributed by atoms with van der Waals surface area (Å²) in [6.07, 6.45) is 3.15. The first kappa shape index (κ1) is 6.30. The van der Waals surface area contributed by atoms with Crippen LogP contribution in [0.25, 0.3) is 0 Å². The topological polar surface area (TPSA) is 38.7 Å². The van der Waals surface area contributed by atoms with Crippen molar-refractivity contribution in [2.24, 2.45) is 0 Å². The summed E-state index contributed by atoms with van der Waals surface area (Å²) < 4.78 is 0. The van der Waals surface area contributed by atoms with Crippen molar-refractivity contribution < 1.29 is 0 Å². The average molecular weight is 118 g/mol. The Bertz CT molecular complexity index is 82.1. The molecule has 38 valence electrons. The highest BCUT2D eigenvalue weighted by Gasteiger charge is 1.60. The highest BCUT2D eigenvalue weighted by atomic mass is 35.5. The predicted molar refractivity (Wildman–Crippen MR) is 27.1 cm³/mol. The summed E-state index contributed by atoms with van der Waals surface area (Å²) in [4.78, 5) is 0. The second-order valence-electron chi connectivity index (χ2n) is 0.811. The van der Waals surface area contributed by atoms with Crippen LogP contribution in [0.4, 0.5) is 0 Å². The summed E-state index contributed by atoms with van der Waals surface area (Å²) in [6.45, 7) is 0. The first-order valence-corrected chi connectivity index (χ1v) is 1.58. The Hall–Kier alpha value is -0.700. The average Bonchev–Trinajstić information content (AvgIpc) is 1.72. The Labute approximate surface area is 47.2 Å². The van der Waals surface area contributed by atoms with E-state index in [2.05, 4.69) is 15.4 Å². The number of rotatable bonds is 0. The van der Waals surface area contributed by atoms with Crippen molar-refractivity contribution >= 4 is 12.4 Å². The largest absolute Gasteiger partial charge is 0.147 e. The molecule has 0 aliphatic heterocycles. The maximum Gasteiger partial charge on any atom is 0.0529 e. The fourth-order valence-electron chi connectivity index (χ4n) is 0.205. The minimum absolute atomic E-state index is 0. The van der Waals surface area contributed by atoms with Gasteiger partial charge in [-0.2, -0.15) is 0 Å². The van der Waals surface area contributed by atoms with Gasteiger partial charge in [0, 0.05) is 0 Å². The van der Waals surface area contributed by atoms with Crippen LogP contribution in [-0.2, 0) is 0 Å². The van der Waals surface area contributed by atoms with Crippen molar-refractivity contribution in [3.63, 3.8) is 0 Å². The zero-order valence-corrected chi connectivity index (χ0v) is 4.30. The lowest BCUT2D eigenvalue weighted by Crippen LogP contribution is -1.78. The molecule has 0 radical (unpaired) electrons. The van der Waals surface area contributed by atoms with Gasteiger partial charge >= 0.3 is 0 Å². The lowest BCUT2D eigenvalue weighted by molar-refractivity contribution is 0.865. The van der Waals surface area contributed by atoms with Gasteiger partial charge in [-0.1, -0.05) is 0 Å². The number of hydrogen-bond acceptors (Lipinski definition) is 3. The second-order valence-corrected chi connectivity index (χ2v) is 0.811. The van der Waals surface area contributed by atoms with Crippen LogP contribution in [0.3, 0.4) is 0 Å². The van der Waals surface area contributed by atoms with Crippen LogP contribution >= 0.6 is 12.4 Å². The van der Waals surface area contributed by atoms with Crippen LogP contribution in [0.15, 0.2) is 18.5 Å². The molecule has 3 nitrogen and oxygen atoms in total. The number of hydrogen-bond donors (Lipinski definition) is 0. The van der Waals surface area contributed by atoms with Crippen molar-refractivity contribution in [2.75, 3.05) is 0 Å². The van der Waals surface area contributed by atoms with E-state index in [9.17, 15) is 0 Å². The normalized spacial score (nSPS) is 6.86. The smallest absolute Gasteiger partial charge is 0.0529 e. The van der Waals surface area contributed by atoms with Gasteiger partial charge in [0.2, 0.25) is 0 Å². The van der Waals surface area contributed by atoms with E-state index < -0.39 is 0 Å². The Morgan fingerprint density at radius 2 is 1.57 bits per heavy atom. The molecule has 0 aliphatic carbocycles. The molecule has 0 N–H and O–H groups in total.